The van der Waals surface area contributed by atoms with Crippen molar-refractivity contribution in [2.45, 2.75) is 13.8 Å². The van der Waals surface area contributed by atoms with Gasteiger partial charge in [-0.2, -0.15) is 0 Å². The van der Waals surface area contributed by atoms with Crippen molar-refractivity contribution in [3.8, 4) is 0 Å². The molecule has 0 saturated carbocycles. The molecule has 0 heterocycles. The summed E-state index contributed by atoms with van der Waals surface area (Å²) in [5.74, 6) is 0.0161. The van der Waals surface area contributed by atoms with Gasteiger partial charge in [-0.3, -0.25) is 14.9 Å². The van der Waals surface area contributed by atoms with Gasteiger partial charge in [0.25, 0.3) is 11.6 Å². The van der Waals surface area contributed by atoms with E-state index in [2.05, 4.69) is 10.6 Å². The van der Waals surface area contributed by atoms with Gasteiger partial charge in [0.15, 0.2) is 0 Å². The Hall–Kier alpha value is -2.11. The summed E-state index contributed by atoms with van der Waals surface area (Å²) in [6, 6.07) is 4.18. The molecule has 1 aromatic carbocycles. The SMILES string of the molecule is CNc1ccc([N+](=O)[O-])cc1C(=O)NCC(C)C. The van der Waals surface area contributed by atoms with Crippen molar-refractivity contribution in [1.82, 2.24) is 5.32 Å². The van der Waals surface area contributed by atoms with Crippen molar-refractivity contribution < 1.29 is 9.72 Å². The number of hydrogen-bond acceptors (Lipinski definition) is 4. The van der Waals surface area contributed by atoms with Gasteiger partial charge in [0.1, 0.15) is 0 Å². The van der Waals surface area contributed by atoms with Crippen molar-refractivity contribution in [2.24, 2.45) is 5.92 Å². The second-order valence-electron chi connectivity index (χ2n) is 4.34. The number of carbonyl (C=O) groups is 1. The summed E-state index contributed by atoms with van der Waals surface area (Å²) in [5.41, 5.74) is 0.762. The molecule has 6 nitrogen and oxygen atoms in total. The Balaban J connectivity index is 3.00. The van der Waals surface area contributed by atoms with Gasteiger partial charge in [-0.25, -0.2) is 0 Å². The highest BCUT2D eigenvalue weighted by molar-refractivity contribution is 6.00. The first-order chi connectivity index (χ1) is 8.45. The Morgan fingerprint density at radius 1 is 1.44 bits per heavy atom. The molecule has 1 aromatic rings. The van der Waals surface area contributed by atoms with Gasteiger partial charge in [0, 0.05) is 31.4 Å². The van der Waals surface area contributed by atoms with Crippen LogP contribution in [0.5, 0.6) is 0 Å². The van der Waals surface area contributed by atoms with E-state index in [0.29, 0.717) is 18.2 Å². The second-order valence-corrected chi connectivity index (χ2v) is 4.34. The first kappa shape index (κ1) is 14.0. The van der Waals surface area contributed by atoms with E-state index in [9.17, 15) is 14.9 Å². The van der Waals surface area contributed by atoms with Crippen molar-refractivity contribution in [2.75, 3.05) is 18.9 Å². The maximum atomic E-state index is 11.9. The van der Waals surface area contributed by atoms with Crippen molar-refractivity contribution >= 4 is 17.3 Å². The molecule has 2 N–H and O–H groups in total. The van der Waals surface area contributed by atoms with Gasteiger partial charge < -0.3 is 10.6 Å². The van der Waals surface area contributed by atoms with Crippen molar-refractivity contribution in [3.05, 3.63) is 33.9 Å². The minimum absolute atomic E-state index is 0.0938. The predicted molar refractivity (Wildman–Crippen MR) is 69.8 cm³/mol. The van der Waals surface area contributed by atoms with Crippen LogP contribution in [-0.4, -0.2) is 24.4 Å². The first-order valence-electron chi connectivity index (χ1n) is 5.70. The molecule has 98 valence electrons. The lowest BCUT2D eigenvalue weighted by atomic mass is 10.1. The number of benzene rings is 1. The molecule has 0 spiro atoms. The van der Waals surface area contributed by atoms with Gasteiger partial charge in [-0.1, -0.05) is 13.8 Å². The zero-order valence-corrected chi connectivity index (χ0v) is 10.7. The number of nitrogens with zero attached hydrogens (tertiary/aromatic N) is 1. The molecule has 0 aliphatic heterocycles. The molecule has 0 aliphatic rings. The Labute approximate surface area is 106 Å². The topological polar surface area (TPSA) is 84.3 Å². The number of carbonyl (C=O) groups excluding carboxylic acids is 1. The Bertz CT molecular complexity index is 458. The van der Waals surface area contributed by atoms with E-state index in [-0.39, 0.29) is 17.2 Å². The normalized spacial score (nSPS) is 10.2. The van der Waals surface area contributed by atoms with Crippen LogP contribution < -0.4 is 10.6 Å². The molecular weight excluding hydrogens is 234 g/mol. The average Bonchev–Trinajstić information content (AvgIpc) is 2.34. The van der Waals surface area contributed by atoms with Crippen LogP contribution in [0.15, 0.2) is 18.2 Å². The van der Waals surface area contributed by atoms with Crippen LogP contribution in [0, 0.1) is 16.0 Å². The van der Waals surface area contributed by atoms with E-state index in [1.165, 1.54) is 18.2 Å². The number of nitro benzene ring substituents is 1. The third-order valence-electron chi connectivity index (χ3n) is 2.40. The van der Waals surface area contributed by atoms with Crippen LogP contribution in [-0.2, 0) is 0 Å². The van der Waals surface area contributed by atoms with Crippen molar-refractivity contribution in [1.29, 1.82) is 0 Å². The third-order valence-corrected chi connectivity index (χ3v) is 2.40. The third kappa shape index (κ3) is 3.44. The maximum Gasteiger partial charge on any atom is 0.270 e. The molecule has 18 heavy (non-hydrogen) atoms. The van der Waals surface area contributed by atoms with Crippen molar-refractivity contribution in [3.63, 3.8) is 0 Å². The van der Waals surface area contributed by atoms with E-state index < -0.39 is 4.92 Å². The molecular formula is C12H17N3O3. The van der Waals surface area contributed by atoms with E-state index in [1.807, 2.05) is 13.8 Å². The summed E-state index contributed by atoms with van der Waals surface area (Å²) >= 11 is 0. The van der Waals surface area contributed by atoms with Gasteiger partial charge in [0.2, 0.25) is 0 Å². The molecule has 0 saturated heterocycles. The number of rotatable bonds is 5. The average molecular weight is 251 g/mol. The maximum absolute atomic E-state index is 11.9. The summed E-state index contributed by atoms with van der Waals surface area (Å²) in [6.07, 6.45) is 0. The number of nitrogens with one attached hydrogen (secondary N) is 2. The van der Waals surface area contributed by atoms with Gasteiger partial charge in [0.05, 0.1) is 10.5 Å². The number of amides is 1. The zero-order chi connectivity index (χ0) is 13.7. The quantitative estimate of drug-likeness (QED) is 0.619. The van der Waals surface area contributed by atoms with Gasteiger partial charge in [-0.05, 0) is 12.0 Å². The lowest BCUT2D eigenvalue weighted by molar-refractivity contribution is -0.384. The fraction of sp³-hybridized carbons (Fsp3) is 0.417. The highest BCUT2D eigenvalue weighted by Crippen LogP contribution is 2.21. The van der Waals surface area contributed by atoms with Crippen LogP contribution in [0.3, 0.4) is 0 Å². The van der Waals surface area contributed by atoms with Crippen LogP contribution in [0.1, 0.15) is 24.2 Å². The van der Waals surface area contributed by atoms with E-state index in [1.54, 1.807) is 7.05 Å². The molecule has 0 aromatic heterocycles. The fourth-order valence-corrected chi connectivity index (χ4v) is 1.44. The lowest BCUT2D eigenvalue weighted by Gasteiger charge is -2.11. The fourth-order valence-electron chi connectivity index (χ4n) is 1.44. The molecule has 0 aliphatic carbocycles. The Morgan fingerprint density at radius 3 is 2.61 bits per heavy atom. The minimum Gasteiger partial charge on any atom is -0.387 e. The van der Waals surface area contributed by atoms with E-state index in [4.69, 9.17) is 0 Å². The number of hydrogen-bond donors (Lipinski definition) is 2. The molecule has 6 heteroatoms. The highest BCUT2D eigenvalue weighted by Gasteiger charge is 2.16. The summed E-state index contributed by atoms with van der Waals surface area (Å²) < 4.78 is 0. The summed E-state index contributed by atoms with van der Waals surface area (Å²) in [7, 11) is 1.67. The van der Waals surface area contributed by atoms with Crippen LogP contribution in [0.25, 0.3) is 0 Å². The molecule has 0 unspecified atom stereocenters. The number of non-ortho nitro benzene ring substituents is 1. The van der Waals surface area contributed by atoms with Crippen LogP contribution in [0.4, 0.5) is 11.4 Å². The molecule has 0 fully saturated rings. The zero-order valence-electron chi connectivity index (χ0n) is 10.7. The first-order valence-corrected chi connectivity index (χ1v) is 5.70. The van der Waals surface area contributed by atoms with E-state index in [0.717, 1.165) is 0 Å². The standard InChI is InChI=1S/C12H17N3O3/c1-8(2)7-14-12(16)10-6-9(15(17)18)4-5-11(10)13-3/h4-6,8,13H,7H2,1-3H3,(H,14,16). The molecule has 0 radical (unpaired) electrons. The second kappa shape index (κ2) is 6.00. The summed E-state index contributed by atoms with van der Waals surface area (Å²) in [4.78, 5) is 22.1. The van der Waals surface area contributed by atoms with Gasteiger partial charge >= 0.3 is 0 Å². The Morgan fingerprint density at radius 2 is 2.11 bits per heavy atom. The molecule has 0 atom stereocenters. The largest absolute Gasteiger partial charge is 0.387 e. The molecule has 1 rings (SSSR count). The van der Waals surface area contributed by atoms with E-state index >= 15 is 0 Å². The summed E-state index contributed by atoms with van der Waals surface area (Å²) in [5, 5.41) is 16.3. The molecule has 1 amide bonds. The number of anilines is 1. The minimum atomic E-state index is -0.515. The monoisotopic (exact) mass is 251 g/mol. The van der Waals surface area contributed by atoms with Gasteiger partial charge in [-0.15, -0.1) is 0 Å². The van der Waals surface area contributed by atoms with Crippen LogP contribution in [0.2, 0.25) is 0 Å². The predicted octanol–water partition coefficient (Wildman–Crippen LogP) is 2.02. The smallest absolute Gasteiger partial charge is 0.270 e. The Kier molecular flexibility index (Phi) is 4.65. The van der Waals surface area contributed by atoms with Crippen LogP contribution >= 0.6 is 0 Å². The summed E-state index contributed by atoms with van der Waals surface area (Å²) in [6.45, 7) is 4.49. The highest BCUT2D eigenvalue weighted by atomic mass is 16.6. The number of nitro groups is 1. The molecule has 0 bridgehead atoms. The lowest BCUT2D eigenvalue weighted by Crippen LogP contribution is -2.28.